The smallest absolute Gasteiger partial charge is 0.263 e. The Morgan fingerprint density at radius 1 is 1.05 bits per heavy atom. The average Bonchev–Trinajstić information content (AvgIpc) is 3.35. The summed E-state index contributed by atoms with van der Waals surface area (Å²) in [5.41, 5.74) is 4.51. The zero-order valence-corrected chi connectivity index (χ0v) is 19.6. The monoisotopic (exact) mass is 500 g/mol. The van der Waals surface area contributed by atoms with Crippen LogP contribution in [0.2, 0.25) is 0 Å². The number of halogens is 2. The molecule has 186 valence electrons. The summed E-state index contributed by atoms with van der Waals surface area (Å²) in [5.74, 6) is -2.59. The molecule has 3 aromatic heterocycles. The highest BCUT2D eigenvalue weighted by molar-refractivity contribution is 5.93. The third-order valence-electron chi connectivity index (χ3n) is 6.12. The fourth-order valence-electron chi connectivity index (χ4n) is 4.34. The molecule has 0 radical (unpaired) electrons. The molecule has 1 aromatic carbocycles. The number of benzene rings is 1. The van der Waals surface area contributed by atoms with Crippen molar-refractivity contribution in [1.82, 2.24) is 19.9 Å². The van der Waals surface area contributed by atoms with Gasteiger partial charge < -0.3 is 15.0 Å². The molecular weight excluding hydrogens is 478 g/mol. The number of amides is 1. The number of carbonyl (C=O) groups is 1. The first-order valence-electron chi connectivity index (χ1n) is 11.6. The second-order valence-electron chi connectivity index (χ2n) is 8.60. The Morgan fingerprint density at radius 3 is 2.70 bits per heavy atom. The van der Waals surface area contributed by atoms with Crippen LogP contribution < -0.4 is 10.9 Å². The van der Waals surface area contributed by atoms with Crippen molar-refractivity contribution >= 4 is 11.5 Å². The van der Waals surface area contributed by atoms with Crippen molar-refractivity contribution in [2.24, 2.45) is 0 Å². The van der Waals surface area contributed by atoms with Gasteiger partial charge in [0.2, 0.25) is 0 Å². The molecule has 0 fully saturated rings. The zero-order chi connectivity index (χ0) is 25.9. The number of aliphatic hydroxyl groups is 1. The Kier molecular flexibility index (Phi) is 6.70. The van der Waals surface area contributed by atoms with Gasteiger partial charge in [0.25, 0.3) is 11.5 Å². The topological polar surface area (TPSA) is 97.1 Å². The van der Waals surface area contributed by atoms with Crippen molar-refractivity contribution in [2.45, 2.75) is 26.1 Å². The van der Waals surface area contributed by atoms with Crippen molar-refractivity contribution in [1.29, 1.82) is 0 Å². The molecule has 0 saturated carbocycles. The number of aromatic nitrogens is 3. The van der Waals surface area contributed by atoms with Crippen LogP contribution in [0.15, 0.2) is 77.9 Å². The Labute approximate surface area is 210 Å². The summed E-state index contributed by atoms with van der Waals surface area (Å²) in [6.45, 7) is -0.258. The van der Waals surface area contributed by atoms with E-state index in [1.807, 2.05) is 18.2 Å². The number of hydrogen-bond donors (Lipinski definition) is 2. The van der Waals surface area contributed by atoms with Gasteiger partial charge in [0.05, 0.1) is 36.8 Å². The number of nitrogens with zero attached hydrogens (tertiary/aromatic N) is 3. The van der Waals surface area contributed by atoms with Crippen LogP contribution in [-0.4, -0.2) is 25.5 Å². The highest BCUT2D eigenvalue weighted by atomic mass is 19.2. The maximum absolute atomic E-state index is 13.6. The predicted octanol–water partition coefficient (Wildman–Crippen LogP) is 3.37. The van der Waals surface area contributed by atoms with Gasteiger partial charge in [-0.05, 0) is 59.2 Å². The lowest BCUT2D eigenvalue weighted by atomic mass is 10.0. The van der Waals surface area contributed by atoms with E-state index in [9.17, 15) is 23.5 Å². The van der Waals surface area contributed by atoms with Crippen LogP contribution in [0.4, 0.5) is 8.78 Å². The molecule has 9 heteroatoms. The van der Waals surface area contributed by atoms with E-state index in [0.29, 0.717) is 23.4 Å². The third kappa shape index (κ3) is 5.07. The summed E-state index contributed by atoms with van der Waals surface area (Å²) >= 11 is 0. The highest BCUT2D eigenvalue weighted by Crippen LogP contribution is 2.32. The molecule has 1 aliphatic carbocycles. The number of allylic oxidation sites excluding steroid dienone is 1. The SMILES string of the molecule is O=C(NCc1cc(C2=CCc3ncccc32)cc(CO)n1)c1cccn(Cc2ccc(F)c(F)c2)c1=O. The Morgan fingerprint density at radius 2 is 1.89 bits per heavy atom. The molecule has 0 spiro atoms. The standard InChI is InChI=1S/C28H22F2N4O3/c29-24-7-5-17(11-25(24)30)15-34-10-2-4-23(28(34)37)27(36)32-14-19-12-18(13-20(16-35)33-19)21-6-8-26-22(21)3-1-9-31-26/h1-7,9-13,35H,8,14-16H2,(H,32,36). The maximum Gasteiger partial charge on any atom is 0.263 e. The fourth-order valence-corrected chi connectivity index (χ4v) is 4.34. The van der Waals surface area contributed by atoms with Crippen LogP contribution in [0.1, 0.15) is 44.1 Å². The molecule has 0 bridgehead atoms. The molecule has 4 aromatic rings. The lowest BCUT2D eigenvalue weighted by Gasteiger charge is -2.12. The van der Waals surface area contributed by atoms with Gasteiger partial charge in [-0.25, -0.2) is 8.78 Å². The molecule has 37 heavy (non-hydrogen) atoms. The van der Waals surface area contributed by atoms with E-state index in [2.05, 4.69) is 21.4 Å². The number of nitrogens with one attached hydrogen (secondary N) is 1. The van der Waals surface area contributed by atoms with Crippen LogP contribution in [-0.2, 0) is 26.1 Å². The first kappa shape index (κ1) is 24.2. The van der Waals surface area contributed by atoms with E-state index in [1.54, 1.807) is 12.3 Å². The molecule has 2 N–H and O–H groups in total. The average molecular weight is 501 g/mol. The molecular formula is C28H22F2N4O3. The van der Waals surface area contributed by atoms with Gasteiger partial charge >= 0.3 is 0 Å². The van der Waals surface area contributed by atoms with Crippen molar-refractivity contribution in [3.63, 3.8) is 0 Å². The van der Waals surface area contributed by atoms with E-state index < -0.39 is 23.1 Å². The summed E-state index contributed by atoms with van der Waals surface area (Å²) in [6.07, 6.45) is 5.99. The van der Waals surface area contributed by atoms with E-state index in [4.69, 9.17) is 0 Å². The van der Waals surface area contributed by atoms with Gasteiger partial charge in [-0.2, -0.15) is 0 Å². The summed E-state index contributed by atoms with van der Waals surface area (Å²) in [6, 6.07) is 13.8. The summed E-state index contributed by atoms with van der Waals surface area (Å²) < 4.78 is 28.0. The lowest BCUT2D eigenvalue weighted by Crippen LogP contribution is -2.33. The fraction of sp³-hybridized carbons (Fsp3) is 0.143. The Hall–Kier alpha value is -4.50. The van der Waals surface area contributed by atoms with Gasteiger partial charge in [-0.3, -0.25) is 19.6 Å². The van der Waals surface area contributed by atoms with Crippen LogP contribution in [0.3, 0.4) is 0 Å². The molecule has 1 amide bonds. The minimum absolute atomic E-state index is 0.0218. The van der Waals surface area contributed by atoms with Crippen molar-refractivity contribution in [3.05, 3.63) is 134 Å². The first-order valence-corrected chi connectivity index (χ1v) is 11.6. The maximum atomic E-state index is 13.6. The first-order chi connectivity index (χ1) is 17.9. The number of carbonyl (C=O) groups excluding carboxylic acids is 1. The van der Waals surface area contributed by atoms with Gasteiger partial charge in [0, 0.05) is 24.4 Å². The normalized spacial score (nSPS) is 12.2. The van der Waals surface area contributed by atoms with Crippen molar-refractivity contribution in [3.8, 4) is 0 Å². The summed E-state index contributed by atoms with van der Waals surface area (Å²) in [5, 5.41) is 12.4. The Bertz CT molecular complexity index is 1600. The molecule has 0 saturated heterocycles. The minimum Gasteiger partial charge on any atom is -0.390 e. The van der Waals surface area contributed by atoms with Crippen molar-refractivity contribution in [2.75, 3.05) is 0 Å². The molecule has 5 rings (SSSR count). The second kappa shape index (κ2) is 10.2. The molecule has 0 atom stereocenters. The second-order valence-corrected chi connectivity index (χ2v) is 8.60. The van der Waals surface area contributed by atoms with E-state index in [-0.39, 0.29) is 25.3 Å². The van der Waals surface area contributed by atoms with Crippen LogP contribution in [0.25, 0.3) is 5.57 Å². The number of hydrogen-bond acceptors (Lipinski definition) is 5. The summed E-state index contributed by atoms with van der Waals surface area (Å²) in [7, 11) is 0. The number of rotatable bonds is 7. The van der Waals surface area contributed by atoms with E-state index in [1.165, 1.54) is 29.0 Å². The largest absolute Gasteiger partial charge is 0.390 e. The minimum atomic E-state index is -1.01. The molecule has 1 aliphatic rings. The van der Waals surface area contributed by atoms with E-state index in [0.717, 1.165) is 34.5 Å². The van der Waals surface area contributed by atoms with E-state index >= 15 is 0 Å². The quantitative estimate of drug-likeness (QED) is 0.406. The third-order valence-corrected chi connectivity index (χ3v) is 6.12. The summed E-state index contributed by atoms with van der Waals surface area (Å²) in [4.78, 5) is 34.6. The predicted molar refractivity (Wildman–Crippen MR) is 133 cm³/mol. The molecule has 7 nitrogen and oxygen atoms in total. The van der Waals surface area contributed by atoms with Crippen LogP contribution in [0, 0.1) is 11.6 Å². The van der Waals surface area contributed by atoms with Gasteiger partial charge in [0.15, 0.2) is 11.6 Å². The number of aliphatic hydroxyl groups excluding tert-OH is 1. The van der Waals surface area contributed by atoms with Crippen LogP contribution >= 0.6 is 0 Å². The zero-order valence-electron chi connectivity index (χ0n) is 19.6. The molecule has 0 aliphatic heterocycles. The molecule has 0 unspecified atom stereocenters. The Balaban J connectivity index is 1.34. The lowest BCUT2D eigenvalue weighted by molar-refractivity contribution is 0.0948. The van der Waals surface area contributed by atoms with Gasteiger partial charge in [0.1, 0.15) is 5.56 Å². The highest BCUT2D eigenvalue weighted by Gasteiger charge is 2.18. The number of fused-ring (bicyclic) bond motifs is 1. The van der Waals surface area contributed by atoms with Crippen molar-refractivity contribution < 1.29 is 18.7 Å². The molecule has 3 heterocycles. The van der Waals surface area contributed by atoms with Gasteiger partial charge in [-0.1, -0.05) is 18.2 Å². The number of pyridine rings is 3. The van der Waals surface area contributed by atoms with Gasteiger partial charge in [-0.15, -0.1) is 0 Å². The van der Waals surface area contributed by atoms with Crippen LogP contribution in [0.5, 0.6) is 0 Å².